The zero-order valence-electron chi connectivity index (χ0n) is 17.5. The van der Waals surface area contributed by atoms with Gasteiger partial charge in [-0.3, -0.25) is 9.98 Å². The minimum absolute atomic E-state index is 0.0935. The molecule has 0 aliphatic carbocycles. The molecule has 0 unspecified atom stereocenters. The molecular formula is C22H26F3N5. The Morgan fingerprint density at radius 1 is 1.27 bits per heavy atom. The first-order valence-electron chi connectivity index (χ1n) is 9.68. The molecule has 2 N–H and O–H groups in total. The van der Waals surface area contributed by atoms with Crippen molar-refractivity contribution in [3.05, 3.63) is 70.5 Å². The van der Waals surface area contributed by atoms with Crippen molar-refractivity contribution in [2.75, 3.05) is 6.54 Å². The first kappa shape index (κ1) is 23.3. The molecule has 2 heterocycles. The van der Waals surface area contributed by atoms with E-state index in [0.717, 1.165) is 17.0 Å². The van der Waals surface area contributed by atoms with Crippen LogP contribution in [0.15, 0.2) is 41.5 Å². The zero-order chi connectivity index (χ0) is 22.3. The van der Waals surface area contributed by atoms with Gasteiger partial charge in [0, 0.05) is 24.5 Å². The molecule has 0 atom stereocenters. The Kier molecular flexibility index (Phi) is 8.29. The lowest BCUT2D eigenvalue weighted by atomic mass is 10.1. The van der Waals surface area contributed by atoms with Crippen LogP contribution < -0.4 is 11.2 Å². The number of nitrogens with two attached hydrogens (primary N) is 1. The molecule has 8 heteroatoms. The highest BCUT2D eigenvalue weighted by Crippen LogP contribution is 2.24. The number of hydrogen-bond donors (Lipinski definition) is 1. The smallest absolute Gasteiger partial charge is 0.266 e. The van der Waals surface area contributed by atoms with Gasteiger partial charge in [0.2, 0.25) is 0 Å². The fourth-order valence-corrected chi connectivity index (χ4v) is 2.82. The fourth-order valence-electron chi connectivity index (χ4n) is 2.82. The Hall–Kier alpha value is -3.00. The fraction of sp³-hybridized carbons (Fsp3) is 0.318. The van der Waals surface area contributed by atoms with Crippen molar-refractivity contribution in [3.63, 3.8) is 0 Å². The Bertz CT molecular complexity index is 1100. The van der Waals surface area contributed by atoms with E-state index in [4.69, 9.17) is 5.73 Å². The van der Waals surface area contributed by atoms with Crippen LogP contribution in [-0.2, 0) is 13.6 Å². The quantitative estimate of drug-likeness (QED) is 0.667. The molecule has 0 saturated heterocycles. The van der Waals surface area contributed by atoms with E-state index in [0.29, 0.717) is 23.6 Å². The molecule has 3 aromatic rings. The van der Waals surface area contributed by atoms with Crippen molar-refractivity contribution in [3.8, 4) is 0 Å². The summed E-state index contributed by atoms with van der Waals surface area (Å²) >= 11 is 0. The van der Waals surface area contributed by atoms with Crippen LogP contribution in [0.4, 0.5) is 13.2 Å². The van der Waals surface area contributed by atoms with E-state index in [9.17, 15) is 13.2 Å². The number of pyridine rings is 1. The highest BCUT2D eigenvalue weighted by Gasteiger charge is 2.15. The first-order chi connectivity index (χ1) is 14.4. The Labute approximate surface area is 173 Å². The van der Waals surface area contributed by atoms with E-state index in [1.807, 2.05) is 38.5 Å². The van der Waals surface area contributed by atoms with Crippen molar-refractivity contribution in [1.29, 1.82) is 0 Å². The summed E-state index contributed by atoms with van der Waals surface area (Å²) < 4.78 is 42.0. The van der Waals surface area contributed by atoms with Gasteiger partial charge in [-0.15, -0.1) is 0 Å². The van der Waals surface area contributed by atoms with Crippen LogP contribution in [0.25, 0.3) is 17.0 Å². The Morgan fingerprint density at radius 2 is 2.00 bits per heavy atom. The normalized spacial score (nSPS) is 12.0. The predicted molar refractivity (Wildman–Crippen MR) is 113 cm³/mol. The molecule has 0 saturated carbocycles. The average Bonchev–Trinajstić information content (AvgIpc) is 2.75. The molecule has 0 amide bonds. The van der Waals surface area contributed by atoms with Crippen molar-refractivity contribution in [2.24, 2.45) is 17.8 Å². The summed E-state index contributed by atoms with van der Waals surface area (Å²) in [4.78, 5) is 13.3. The third-order valence-electron chi connectivity index (χ3n) is 4.43. The van der Waals surface area contributed by atoms with Crippen LogP contribution in [0.3, 0.4) is 0 Å². The van der Waals surface area contributed by atoms with Gasteiger partial charge in [-0.2, -0.15) is 0 Å². The van der Waals surface area contributed by atoms with Gasteiger partial charge in [-0.05, 0) is 19.1 Å². The van der Waals surface area contributed by atoms with E-state index >= 15 is 0 Å². The third kappa shape index (κ3) is 5.13. The summed E-state index contributed by atoms with van der Waals surface area (Å²) in [6.07, 6.45) is 2.39. The number of benzene rings is 1. The molecule has 0 bridgehead atoms. The van der Waals surface area contributed by atoms with E-state index < -0.39 is 17.8 Å². The van der Waals surface area contributed by atoms with Crippen LogP contribution in [-0.4, -0.2) is 21.1 Å². The van der Waals surface area contributed by atoms with E-state index in [-0.39, 0.29) is 12.1 Å². The molecule has 0 radical (unpaired) electrons. The van der Waals surface area contributed by atoms with Crippen LogP contribution >= 0.6 is 0 Å². The maximum atomic E-state index is 14.3. The largest absolute Gasteiger partial charge is 0.331 e. The van der Waals surface area contributed by atoms with Gasteiger partial charge in [0.05, 0.1) is 29.5 Å². The number of hydrogen-bond acceptors (Lipinski definition) is 4. The Balaban J connectivity index is 0.00000155. The molecule has 0 spiro atoms. The highest BCUT2D eigenvalue weighted by molar-refractivity contribution is 5.79. The van der Waals surface area contributed by atoms with Gasteiger partial charge in [-0.1, -0.05) is 38.1 Å². The summed E-state index contributed by atoms with van der Waals surface area (Å²) in [7, 11) is 1.86. The molecule has 3 rings (SSSR count). The van der Waals surface area contributed by atoms with Gasteiger partial charge in [0.25, 0.3) is 6.43 Å². The minimum Gasteiger partial charge on any atom is -0.331 e. The second-order valence-electron chi connectivity index (χ2n) is 6.24. The summed E-state index contributed by atoms with van der Waals surface area (Å²) in [5, 5.41) is 0.727. The van der Waals surface area contributed by atoms with Crippen molar-refractivity contribution >= 4 is 17.0 Å². The number of fused-ring (bicyclic) bond motifs is 1. The van der Waals surface area contributed by atoms with E-state index in [1.54, 1.807) is 18.3 Å². The monoisotopic (exact) mass is 417 g/mol. The number of rotatable bonds is 5. The summed E-state index contributed by atoms with van der Waals surface area (Å²) in [6, 6.07) is 5.74. The lowest BCUT2D eigenvalue weighted by molar-refractivity contribution is 0.146. The first-order valence-corrected chi connectivity index (χ1v) is 9.68. The van der Waals surface area contributed by atoms with Crippen molar-refractivity contribution in [1.82, 2.24) is 14.5 Å². The number of halogens is 3. The summed E-state index contributed by atoms with van der Waals surface area (Å²) in [6.45, 7) is 6.10. The minimum atomic E-state index is -2.88. The number of aryl methyl sites for hydroxylation is 2. The van der Waals surface area contributed by atoms with Gasteiger partial charge in [-0.25, -0.2) is 18.2 Å². The molecule has 160 valence electrons. The predicted octanol–water partition coefficient (Wildman–Crippen LogP) is 4.45. The number of aromatic nitrogens is 3. The summed E-state index contributed by atoms with van der Waals surface area (Å²) in [5.74, 6) is -0.239. The maximum Gasteiger partial charge on any atom is 0.266 e. The average molecular weight is 417 g/mol. The standard InChI is InChI=1S/C20H20F3N5.C2H6/c1-12-27-20(26-10-13-5-3-7-15(18(13)21)19(22)23)16-9-14(6-4-8-24)25-11-17(16)28(12)2;1-2/h3-7,9,11,19H,8,10,24H2,1-2H3;1-2H3/b6-4+,26-20?;. The van der Waals surface area contributed by atoms with Crippen LogP contribution in [0, 0.1) is 12.7 Å². The molecule has 1 aromatic carbocycles. The highest BCUT2D eigenvalue weighted by atomic mass is 19.3. The number of nitrogens with zero attached hydrogens (tertiary/aromatic N) is 4. The van der Waals surface area contributed by atoms with Crippen molar-refractivity contribution < 1.29 is 13.2 Å². The van der Waals surface area contributed by atoms with Gasteiger partial charge >= 0.3 is 0 Å². The van der Waals surface area contributed by atoms with Crippen LogP contribution in [0.2, 0.25) is 0 Å². The molecular weight excluding hydrogens is 391 g/mol. The van der Waals surface area contributed by atoms with Gasteiger partial charge < -0.3 is 10.3 Å². The lowest BCUT2D eigenvalue weighted by Gasteiger charge is -2.10. The molecule has 0 fully saturated rings. The van der Waals surface area contributed by atoms with E-state index in [1.165, 1.54) is 12.1 Å². The second kappa shape index (κ2) is 10.7. The molecule has 5 nitrogen and oxygen atoms in total. The lowest BCUT2D eigenvalue weighted by Crippen LogP contribution is -2.17. The molecule has 0 aliphatic rings. The van der Waals surface area contributed by atoms with Gasteiger partial charge in [0.15, 0.2) is 5.49 Å². The topological polar surface area (TPSA) is 69.1 Å². The number of alkyl halides is 2. The van der Waals surface area contributed by atoms with Crippen LogP contribution in [0.1, 0.15) is 42.9 Å². The SMILES string of the molecule is CC.Cc1nc(=NCc2cccc(C(F)F)c2F)c2cc(/C=C/CN)ncc2n1C. The molecule has 2 aromatic heterocycles. The summed E-state index contributed by atoms with van der Waals surface area (Å²) in [5.41, 5.74) is 6.84. The third-order valence-corrected chi connectivity index (χ3v) is 4.43. The zero-order valence-corrected chi connectivity index (χ0v) is 17.5. The second-order valence-corrected chi connectivity index (χ2v) is 6.24. The van der Waals surface area contributed by atoms with Crippen LogP contribution in [0.5, 0.6) is 0 Å². The van der Waals surface area contributed by atoms with E-state index in [2.05, 4.69) is 15.0 Å². The Morgan fingerprint density at radius 3 is 2.67 bits per heavy atom. The maximum absolute atomic E-state index is 14.3. The van der Waals surface area contributed by atoms with Crippen molar-refractivity contribution in [2.45, 2.75) is 33.7 Å². The van der Waals surface area contributed by atoms with Gasteiger partial charge in [0.1, 0.15) is 11.6 Å². The molecule has 30 heavy (non-hydrogen) atoms. The molecule has 0 aliphatic heterocycles.